The summed E-state index contributed by atoms with van der Waals surface area (Å²) in [6.45, 7) is 5.97. The van der Waals surface area contributed by atoms with Gasteiger partial charge in [0.25, 0.3) is 5.91 Å². The zero-order valence-electron chi connectivity index (χ0n) is 19.3. The van der Waals surface area contributed by atoms with Gasteiger partial charge >= 0.3 is 0 Å². The number of carbonyl (C=O) groups excluding carboxylic acids is 2. The predicted octanol–water partition coefficient (Wildman–Crippen LogP) is 2.48. The van der Waals surface area contributed by atoms with Crippen molar-refractivity contribution in [1.29, 1.82) is 0 Å². The summed E-state index contributed by atoms with van der Waals surface area (Å²) < 4.78 is 12.3. The molecule has 1 unspecified atom stereocenters. The minimum absolute atomic E-state index is 0.0212. The van der Waals surface area contributed by atoms with Gasteiger partial charge in [-0.1, -0.05) is 25.1 Å². The molecule has 1 saturated heterocycles. The SMILES string of the molecule is COc1ccc(CCC(=O)N2CCCC(n3cc(C(=O)NCC(C)C)nn3)C2)cc1OC. The molecule has 1 N–H and O–H groups in total. The van der Waals surface area contributed by atoms with E-state index in [1.54, 1.807) is 25.1 Å². The van der Waals surface area contributed by atoms with Crippen molar-refractivity contribution in [3.8, 4) is 11.5 Å². The van der Waals surface area contributed by atoms with Crippen molar-refractivity contribution in [1.82, 2.24) is 25.2 Å². The summed E-state index contributed by atoms with van der Waals surface area (Å²) in [5, 5.41) is 11.0. The molecular weight excluding hydrogens is 410 g/mol. The zero-order chi connectivity index (χ0) is 23.1. The molecule has 0 saturated carbocycles. The van der Waals surface area contributed by atoms with Crippen molar-refractivity contribution in [3.05, 3.63) is 35.7 Å². The van der Waals surface area contributed by atoms with Gasteiger partial charge in [0.05, 0.1) is 26.5 Å². The third kappa shape index (κ3) is 5.99. The van der Waals surface area contributed by atoms with Crippen LogP contribution in [0.2, 0.25) is 0 Å². The number of aryl methyl sites for hydroxylation is 1. The average molecular weight is 444 g/mol. The highest BCUT2D eigenvalue weighted by Crippen LogP contribution is 2.28. The van der Waals surface area contributed by atoms with Gasteiger partial charge in [-0.2, -0.15) is 0 Å². The molecule has 2 amide bonds. The summed E-state index contributed by atoms with van der Waals surface area (Å²) >= 11 is 0. The number of methoxy groups -OCH3 is 2. The van der Waals surface area contributed by atoms with E-state index in [-0.39, 0.29) is 17.9 Å². The van der Waals surface area contributed by atoms with Gasteiger partial charge in [-0.25, -0.2) is 4.68 Å². The number of nitrogens with one attached hydrogen (secondary N) is 1. The van der Waals surface area contributed by atoms with E-state index in [2.05, 4.69) is 15.6 Å². The smallest absolute Gasteiger partial charge is 0.273 e. The molecule has 0 radical (unpaired) electrons. The van der Waals surface area contributed by atoms with Crippen LogP contribution in [0.25, 0.3) is 0 Å². The first kappa shape index (κ1) is 23.6. The van der Waals surface area contributed by atoms with Crippen molar-refractivity contribution in [2.45, 2.75) is 45.6 Å². The zero-order valence-corrected chi connectivity index (χ0v) is 19.3. The van der Waals surface area contributed by atoms with E-state index in [0.717, 1.165) is 24.9 Å². The van der Waals surface area contributed by atoms with E-state index in [9.17, 15) is 9.59 Å². The Balaban J connectivity index is 1.55. The van der Waals surface area contributed by atoms with E-state index in [1.807, 2.05) is 36.9 Å². The number of ether oxygens (including phenoxy) is 2. The average Bonchev–Trinajstić information content (AvgIpc) is 3.31. The first-order chi connectivity index (χ1) is 15.4. The molecule has 0 bridgehead atoms. The Morgan fingerprint density at radius 3 is 2.72 bits per heavy atom. The lowest BCUT2D eigenvalue weighted by atomic mass is 10.0. The Morgan fingerprint density at radius 2 is 2.00 bits per heavy atom. The Hall–Kier alpha value is -3.10. The fourth-order valence-corrected chi connectivity index (χ4v) is 3.79. The lowest BCUT2D eigenvalue weighted by molar-refractivity contribution is -0.132. The minimum atomic E-state index is -0.219. The molecule has 1 aromatic carbocycles. The molecule has 9 nitrogen and oxygen atoms in total. The van der Waals surface area contributed by atoms with Gasteiger partial charge in [-0.15, -0.1) is 5.10 Å². The normalized spacial score (nSPS) is 16.2. The highest BCUT2D eigenvalue weighted by atomic mass is 16.5. The lowest BCUT2D eigenvalue weighted by Crippen LogP contribution is -2.41. The Bertz CT molecular complexity index is 927. The van der Waals surface area contributed by atoms with Crippen LogP contribution >= 0.6 is 0 Å². The van der Waals surface area contributed by atoms with Crippen molar-refractivity contribution in [2.75, 3.05) is 33.9 Å². The fourth-order valence-electron chi connectivity index (χ4n) is 3.79. The fraction of sp³-hybridized carbons (Fsp3) is 0.565. The molecule has 9 heteroatoms. The third-order valence-corrected chi connectivity index (χ3v) is 5.61. The van der Waals surface area contributed by atoms with Gasteiger partial charge in [0.1, 0.15) is 0 Å². The summed E-state index contributed by atoms with van der Waals surface area (Å²) in [5.41, 5.74) is 1.33. The number of aromatic nitrogens is 3. The molecule has 1 aliphatic heterocycles. The van der Waals surface area contributed by atoms with E-state index in [4.69, 9.17) is 9.47 Å². The maximum absolute atomic E-state index is 12.8. The second-order valence-corrected chi connectivity index (χ2v) is 8.51. The highest BCUT2D eigenvalue weighted by Gasteiger charge is 2.26. The number of amides is 2. The number of hydrogen-bond acceptors (Lipinski definition) is 6. The van der Waals surface area contributed by atoms with Gasteiger partial charge in [0.2, 0.25) is 5.91 Å². The lowest BCUT2D eigenvalue weighted by Gasteiger charge is -2.32. The van der Waals surface area contributed by atoms with Gasteiger partial charge < -0.3 is 19.7 Å². The molecule has 0 spiro atoms. The topological polar surface area (TPSA) is 98.6 Å². The Morgan fingerprint density at radius 1 is 1.22 bits per heavy atom. The number of rotatable bonds is 9. The summed E-state index contributed by atoms with van der Waals surface area (Å²) in [6, 6.07) is 5.74. The first-order valence-corrected chi connectivity index (χ1v) is 11.1. The molecule has 174 valence electrons. The number of nitrogens with zero attached hydrogens (tertiary/aromatic N) is 4. The van der Waals surface area contributed by atoms with Crippen LogP contribution in [-0.2, 0) is 11.2 Å². The highest BCUT2D eigenvalue weighted by molar-refractivity contribution is 5.91. The molecule has 1 aromatic heterocycles. The van der Waals surface area contributed by atoms with Crippen molar-refractivity contribution in [2.24, 2.45) is 5.92 Å². The monoisotopic (exact) mass is 443 g/mol. The van der Waals surface area contributed by atoms with Crippen LogP contribution in [0, 0.1) is 5.92 Å². The molecule has 1 fully saturated rings. The van der Waals surface area contributed by atoms with Crippen LogP contribution < -0.4 is 14.8 Å². The predicted molar refractivity (Wildman–Crippen MR) is 120 cm³/mol. The van der Waals surface area contributed by atoms with Crippen molar-refractivity contribution < 1.29 is 19.1 Å². The van der Waals surface area contributed by atoms with Crippen LogP contribution in [-0.4, -0.2) is 65.6 Å². The van der Waals surface area contributed by atoms with E-state index in [0.29, 0.717) is 49.0 Å². The number of hydrogen-bond donors (Lipinski definition) is 1. The Kier molecular flexibility index (Phi) is 8.08. The summed E-state index contributed by atoms with van der Waals surface area (Å²) in [7, 11) is 3.20. The summed E-state index contributed by atoms with van der Waals surface area (Å²) in [6.07, 6.45) is 4.52. The van der Waals surface area contributed by atoms with Crippen LogP contribution in [0.1, 0.15) is 55.2 Å². The van der Waals surface area contributed by atoms with Gasteiger partial charge in [0, 0.05) is 26.1 Å². The van der Waals surface area contributed by atoms with Crippen LogP contribution in [0.4, 0.5) is 0 Å². The summed E-state index contributed by atoms with van der Waals surface area (Å²) in [5.74, 6) is 1.59. The molecule has 2 aromatic rings. The number of carbonyl (C=O) groups is 2. The van der Waals surface area contributed by atoms with E-state index >= 15 is 0 Å². The molecule has 0 aliphatic carbocycles. The van der Waals surface area contributed by atoms with Crippen molar-refractivity contribution in [3.63, 3.8) is 0 Å². The second kappa shape index (κ2) is 11.0. The molecular formula is C23H33N5O4. The molecule has 1 atom stereocenters. The number of likely N-dealkylation sites (tertiary alicyclic amines) is 1. The minimum Gasteiger partial charge on any atom is -0.493 e. The molecule has 1 aliphatic rings. The number of piperidine rings is 1. The Labute approximate surface area is 189 Å². The van der Waals surface area contributed by atoms with Crippen LogP contribution in [0.3, 0.4) is 0 Å². The van der Waals surface area contributed by atoms with Crippen molar-refractivity contribution >= 4 is 11.8 Å². The standard InChI is InChI=1S/C23H33N5O4/c1-16(2)13-24-23(30)19-15-28(26-25-19)18-6-5-11-27(14-18)22(29)10-8-17-7-9-20(31-3)21(12-17)32-4/h7,9,12,15-16,18H,5-6,8,10-11,13-14H2,1-4H3,(H,24,30). The molecule has 32 heavy (non-hydrogen) atoms. The maximum Gasteiger partial charge on any atom is 0.273 e. The first-order valence-electron chi connectivity index (χ1n) is 11.1. The molecule has 3 rings (SSSR count). The third-order valence-electron chi connectivity index (χ3n) is 5.61. The second-order valence-electron chi connectivity index (χ2n) is 8.51. The number of benzene rings is 1. The van der Waals surface area contributed by atoms with Gasteiger partial charge in [-0.3, -0.25) is 9.59 Å². The van der Waals surface area contributed by atoms with Gasteiger partial charge in [0.15, 0.2) is 17.2 Å². The largest absolute Gasteiger partial charge is 0.493 e. The quantitative estimate of drug-likeness (QED) is 0.639. The van der Waals surface area contributed by atoms with E-state index < -0.39 is 0 Å². The van der Waals surface area contributed by atoms with Gasteiger partial charge in [-0.05, 0) is 42.9 Å². The van der Waals surface area contributed by atoms with Crippen LogP contribution in [0.15, 0.2) is 24.4 Å². The van der Waals surface area contributed by atoms with E-state index in [1.165, 1.54) is 0 Å². The molecule has 2 heterocycles. The maximum atomic E-state index is 12.8. The summed E-state index contributed by atoms with van der Waals surface area (Å²) in [4.78, 5) is 26.9. The van der Waals surface area contributed by atoms with Crippen LogP contribution in [0.5, 0.6) is 11.5 Å².